The van der Waals surface area contributed by atoms with E-state index in [1.54, 1.807) is 13.0 Å². The highest BCUT2D eigenvalue weighted by atomic mass is 35.5. The molecule has 0 bridgehead atoms. The van der Waals surface area contributed by atoms with Crippen LogP contribution >= 0.6 is 11.6 Å². The normalized spacial score (nSPS) is 15.1. The van der Waals surface area contributed by atoms with Crippen LogP contribution < -0.4 is 5.32 Å². The molecule has 0 spiro atoms. The quantitative estimate of drug-likeness (QED) is 0.516. The predicted molar refractivity (Wildman–Crippen MR) is 108 cm³/mol. The molecule has 12 heteroatoms. The van der Waals surface area contributed by atoms with Crippen LogP contribution in [-0.2, 0) is 24.1 Å². The molecular weight excluding hydrogens is 452 g/mol. The maximum atomic E-state index is 13.9. The molecule has 1 aromatic carbocycles. The first-order valence-corrected chi connectivity index (χ1v) is 10.3. The number of nitrogens with zero attached hydrogens (tertiary/aromatic N) is 5. The number of amides is 1. The lowest BCUT2D eigenvalue weighted by Gasteiger charge is -2.13. The maximum absolute atomic E-state index is 13.9. The Balaban J connectivity index is 1.41. The molecule has 0 saturated heterocycles. The highest BCUT2D eigenvalue weighted by molar-refractivity contribution is 6.31. The van der Waals surface area contributed by atoms with Crippen LogP contribution in [0, 0.1) is 11.7 Å². The highest BCUT2D eigenvalue weighted by Gasteiger charge is 2.38. The summed E-state index contributed by atoms with van der Waals surface area (Å²) in [6.45, 7) is 1.58. The van der Waals surface area contributed by atoms with E-state index in [0.717, 1.165) is 18.9 Å². The third kappa shape index (κ3) is 4.93. The van der Waals surface area contributed by atoms with Gasteiger partial charge < -0.3 is 0 Å². The molecule has 1 N–H and O–H groups in total. The van der Waals surface area contributed by atoms with Crippen molar-refractivity contribution in [3.63, 3.8) is 0 Å². The number of rotatable bonds is 7. The first-order chi connectivity index (χ1) is 15.1. The molecule has 1 atom stereocenters. The number of hydrogen-bond acceptors (Lipinski definition) is 4. The van der Waals surface area contributed by atoms with Gasteiger partial charge in [-0.15, -0.1) is 5.10 Å². The Morgan fingerprint density at radius 2 is 2.06 bits per heavy atom. The Morgan fingerprint density at radius 1 is 1.31 bits per heavy atom. The van der Waals surface area contributed by atoms with E-state index in [-0.39, 0.29) is 35.5 Å². The first-order valence-electron chi connectivity index (χ1n) is 9.90. The molecular formula is C20H19ClF4N6O. The minimum absolute atomic E-state index is 0.00632. The SMILES string of the molecule is CC(Cn1nc(C(F)(F)F)cc1C1CC1)C(=O)Nc1ncn(Cc2c(F)cccc2Cl)n1. The molecule has 1 aliphatic carbocycles. The number of carbonyl (C=O) groups is 1. The molecule has 1 unspecified atom stereocenters. The number of anilines is 1. The smallest absolute Gasteiger partial charge is 0.293 e. The molecule has 3 aromatic rings. The third-order valence-electron chi connectivity index (χ3n) is 5.14. The minimum atomic E-state index is -4.54. The second-order valence-corrected chi connectivity index (χ2v) is 8.17. The fourth-order valence-corrected chi connectivity index (χ4v) is 3.50. The van der Waals surface area contributed by atoms with Crippen LogP contribution in [0.1, 0.15) is 42.6 Å². The summed E-state index contributed by atoms with van der Waals surface area (Å²) in [5, 5.41) is 10.5. The van der Waals surface area contributed by atoms with Crippen molar-refractivity contribution in [3.8, 4) is 0 Å². The molecule has 4 rings (SSSR count). The van der Waals surface area contributed by atoms with E-state index in [9.17, 15) is 22.4 Å². The fourth-order valence-electron chi connectivity index (χ4n) is 3.27. The molecule has 1 aliphatic rings. The number of alkyl halides is 3. The van der Waals surface area contributed by atoms with Gasteiger partial charge in [-0.3, -0.25) is 14.8 Å². The molecule has 1 saturated carbocycles. The van der Waals surface area contributed by atoms with Crippen LogP contribution in [-0.4, -0.2) is 30.5 Å². The zero-order chi connectivity index (χ0) is 23.0. The van der Waals surface area contributed by atoms with Crippen LogP contribution in [0.3, 0.4) is 0 Å². The molecule has 0 radical (unpaired) electrons. The van der Waals surface area contributed by atoms with Gasteiger partial charge >= 0.3 is 6.18 Å². The topological polar surface area (TPSA) is 77.6 Å². The molecule has 32 heavy (non-hydrogen) atoms. The summed E-state index contributed by atoms with van der Waals surface area (Å²) in [5.41, 5.74) is -0.238. The molecule has 1 fully saturated rings. The Bertz CT molecular complexity index is 1120. The predicted octanol–water partition coefficient (Wildman–Crippen LogP) is 4.49. The average Bonchev–Trinajstić information content (AvgIpc) is 3.31. The molecule has 7 nitrogen and oxygen atoms in total. The largest absolute Gasteiger partial charge is 0.435 e. The summed E-state index contributed by atoms with van der Waals surface area (Å²) < 4.78 is 55.7. The van der Waals surface area contributed by atoms with Gasteiger partial charge in [-0.2, -0.15) is 18.3 Å². The first kappa shape index (κ1) is 22.3. The average molecular weight is 471 g/mol. The summed E-state index contributed by atoms with van der Waals surface area (Å²) in [6, 6.07) is 5.37. The Morgan fingerprint density at radius 3 is 2.72 bits per heavy atom. The second kappa shape index (κ2) is 8.53. The van der Waals surface area contributed by atoms with E-state index in [2.05, 4.69) is 20.5 Å². The summed E-state index contributed by atoms with van der Waals surface area (Å²) in [5.74, 6) is -1.63. The van der Waals surface area contributed by atoms with Crippen molar-refractivity contribution in [3.05, 3.63) is 58.4 Å². The summed E-state index contributed by atoms with van der Waals surface area (Å²) in [4.78, 5) is 16.5. The van der Waals surface area contributed by atoms with Gasteiger partial charge in [0.2, 0.25) is 11.9 Å². The molecule has 2 heterocycles. The molecule has 170 valence electrons. The van der Waals surface area contributed by atoms with Crippen molar-refractivity contribution >= 4 is 23.5 Å². The van der Waals surface area contributed by atoms with Gasteiger partial charge in [0, 0.05) is 22.2 Å². The van der Waals surface area contributed by atoms with Crippen LogP contribution in [0.5, 0.6) is 0 Å². The van der Waals surface area contributed by atoms with Gasteiger partial charge in [0.25, 0.3) is 0 Å². The van der Waals surface area contributed by atoms with Crippen molar-refractivity contribution in [1.29, 1.82) is 0 Å². The van der Waals surface area contributed by atoms with Crippen LogP contribution in [0.2, 0.25) is 5.02 Å². The van der Waals surface area contributed by atoms with Gasteiger partial charge in [-0.05, 0) is 31.0 Å². The van der Waals surface area contributed by atoms with Gasteiger partial charge in [-0.1, -0.05) is 24.6 Å². The van der Waals surface area contributed by atoms with Crippen LogP contribution in [0.15, 0.2) is 30.6 Å². The van der Waals surface area contributed by atoms with E-state index < -0.39 is 29.5 Å². The standard InChI is InChI=1S/C20H19ClF4N6O/c1-11(8-31-16(12-5-6-12)7-17(28-31)20(23,24)25)18(32)27-19-26-10-30(29-19)9-13-14(21)3-2-4-15(13)22/h2-4,7,10-12H,5-6,8-9H2,1H3,(H,27,29,32). The zero-order valence-corrected chi connectivity index (χ0v) is 17.7. The lowest BCUT2D eigenvalue weighted by Crippen LogP contribution is -2.26. The van der Waals surface area contributed by atoms with Crippen LogP contribution in [0.4, 0.5) is 23.5 Å². The number of nitrogens with one attached hydrogen (secondary N) is 1. The highest BCUT2D eigenvalue weighted by Crippen LogP contribution is 2.42. The Hall–Kier alpha value is -2.95. The maximum Gasteiger partial charge on any atom is 0.435 e. The van der Waals surface area contributed by atoms with Gasteiger partial charge in [0.1, 0.15) is 12.1 Å². The Kier molecular flexibility index (Phi) is 5.93. The lowest BCUT2D eigenvalue weighted by atomic mass is 10.1. The summed E-state index contributed by atoms with van der Waals surface area (Å²) in [6.07, 6.45) is -1.62. The van der Waals surface area contributed by atoms with Gasteiger partial charge in [0.15, 0.2) is 5.69 Å². The zero-order valence-electron chi connectivity index (χ0n) is 16.9. The fraction of sp³-hybridized carbons (Fsp3) is 0.400. The van der Waals surface area contributed by atoms with E-state index in [4.69, 9.17) is 11.6 Å². The summed E-state index contributed by atoms with van der Waals surface area (Å²) in [7, 11) is 0. The molecule has 2 aromatic heterocycles. The Labute approximate surface area is 185 Å². The van der Waals surface area contributed by atoms with Gasteiger partial charge in [0.05, 0.1) is 19.0 Å². The van der Waals surface area contributed by atoms with Crippen molar-refractivity contribution in [2.45, 2.75) is 44.9 Å². The van der Waals surface area contributed by atoms with E-state index in [1.807, 2.05) is 0 Å². The van der Waals surface area contributed by atoms with Crippen molar-refractivity contribution < 1.29 is 22.4 Å². The number of aromatic nitrogens is 5. The van der Waals surface area contributed by atoms with Crippen molar-refractivity contribution in [2.24, 2.45) is 5.92 Å². The lowest BCUT2D eigenvalue weighted by molar-refractivity contribution is -0.141. The third-order valence-corrected chi connectivity index (χ3v) is 5.50. The number of benzene rings is 1. The molecule has 0 aliphatic heterocycles. The van der Waals surface area contributed by atoms with Crippen LogP contribution in [0.25, 0.3) is 0 Å². The van der Waals surface area contributed by atoms with Crippen molar-refractivity contribution in [2.75, 3.05) is 5.32 Å². The van der Waals surface area contributed by atoms with E-state index >= 15 is 0 Å². The van der Waals surface area contributed by atoms with E-state index in [1.165, 1.54) is 27.8 Å². The number of hydrogen-bond donors (Lipinski definition) is 1. The number of halogens is 5. The summed E-state index contributed by atoms with van der Waals surface area (Å²) >= 11 is 6.01. The monoisotopic (exact) mass is 470 g/mol. The van der Waals surface area contributed by atoms with Gasteiger partial charge in [-0.25, -0.2) is 14.1 Å². The van der Waals surface area contributed by atoms with E-state index in [0.29, 0.717) is 5.69 Å². The molecule has 1 amide bonds. The second-order valence-electron chi connectivity index (χ2n) is 7.76. The van der Waals surface area contributed by atoms with Crippen molar-refractivity contribution in [1.82, 2.24) is 24.5 Å². The minimum Gasteiger partial charge on any atom is -0.293 e. The number of carbonyl (C=O) groups excluding carboxylic acids is 1.